The molecule has 0 aliphatic carbocycles. The standard InChI is InChI=1S/C31H38N2O3/c1-5-24(3)32-31(35)29(21-26-10-7-6-8-11-26)33(22-27-12-9-13-28(20-27)36-4)30(34)19-18-25-16-14-23(2)15-17-25/h6-17,20,24,29H,5,18-19,21-22H2,1-4H3,(H,32,35). The molecule has 0 aliphatic rings. The molecule has 3 aromatic carbocycles. The summed E-state index contributed by atoms with van der Waals surface area (Å²) in [4.78, 5) is 29.1. The van der Waals surface area contributed by atoms with E-state index in [1.165, 1.54) is 5.56 Å². The molecule has 0 fully saturated rings. The third kappa shape index (κ3) is 7.98. The lowest BCUT2D eigenvalue weighted by molar-refractivity contribution is -0.141. The van der Waals surface area contributed by atoms with Crippen molar-refractivity contribution >= 4 is 11.8 Å². The lowest BCUT2D eigenvalue weighted by atomic mass is 10.0. The summed E-state index contributed by atoms with van der Waals surface area (Å²) in [6.07, 6.45) is 2.22. The Kier molecular flexibility index (Phi) is 10.1. The Bertz CT molecular complexity index is 1110. The maximum absolute atomic E-state index is 13.7. The maximum Gasteiger partial charge on any atom is 0.243 e. The Labute approximate surface area is 215 Å². The van der Waals surface area contributed by atoms with Gasteiger partial charge < -0.3 is 15.0 Å². The molecule has 2 atom stereocenters. The van der Waals surface area contributed by atoms with Crippen molar-refractivity contribution in [3.63, 3.8) is 0 Å². The van der Waals surface area contributed by atoms with Gasteiger partial charge in [0.25, 0.3) is 0 Å². The van der Waals surface area contributed by atoms with Gasteiger partial charge in [-0.1, -0.05) is 79.2 Å². The van der Waals surface area contributed by atoms with Crippen molar-refractivity contribution in [2.45, 2.75) is 65.1 Å². The molecule has 0 saturated heterocycles. The molecule has 0 radical (unpaired) electrons. The van der Waals surface area contributed by atoms with Crippen molar-refractivity contribution in [2.24, 2.45) is 0 Å². The number of nitrogens with zero attached hydrogens (tertiary/aromatic N) is 1. The first kappa shape index (κ1) is 27.0. The van der Waals surface area contributed by atoms with Gasteiger partial charge in [-0.3, -0.25) is 9.59 Å². The van der Waals surface area contributed by atoms with Crippen LogP contribution in [0.5, 0.6) is 5.75 Å². The number of hydrogen-bond donors (Lipinski definition) is 1. The van der Waals surface area contributed by atoms with Gasteiger partial charge in [-0.15, -0.1) is 0 Å². The molecule has 5 heteroatoms. The van der Waals surface area contributed by atoms with E-state index in [1.54, 1.807) is 12.0 Å². The summed E-state index contributed by atoms with van der Waals surface area (Å²) in [6, 6.07) is 25.2. The second-order valence-electron chi connectivity index (χ2n) is 9.38. The van der Waals surface area contributed by atoms with Crippen LogP contribution in [0.15, 0.2) is 78.9 Å². The van der Waals surface area contributed by atoms with Gasteiger partial charge in [0.15, 0.2) is 0 Å². The van der Waals surface area contributed by atoms with Crippen molar-refractivity contribution in [3.8, 4) is 5.75 Å². The minimum absolute atomic E-state index is 0.0251. The Morgan fingerprint density at radius 1 is 0.917 bits per heavy atom. The average molecular weight is 487 g/mol. The Balaban J connectivity index is 1.92. The minimum Gasteiger partial charge on any atom is -0.497 e. The van der Waals surface area contributed by atoms with Crippen LogP contribution in [0.2, 0.25) is 0 Å². The summed E-state index contributed by atoms with van der Waals surface area (Å²) in [5.41, 5.74) is 4.24. The van der Waals surface area contributed by atoms with E-state index in [-0.39, 0.29) is 17.9 Å². The first-order valence-electron chi connectivity index (χ1n) is 12.7. The van der Waals surface area contributed by atoms with Crippen molar-refractivity contribution in [3.05, 3.63) is 101 Å². The smallest absolute Gasteiger partial charge is 0.243 e. The summed E-state index contributed by atoms with van der Waals surface area (Å²) in [6.45, 7) is 6.41. The Hall–Kier alpha value is -3.60. The molecule has 0 bridgehead atoms. The molecule has 36 heavy (non-hydrogen) atoms. The third-order valence-electron chi connectivity index (χ3n) is 6.51. The van der Waals surface area contributed by atoms with Gasteiger partial charge >= 0.3 is 0 Å². The highest BCUT2D eigenvalue weighted by atomic mass is 16.5. The molecule has 2 amide bonds. The van der Waals surface area contributed by atoms with Crippen molar-refractivity contribution < 1.29 is 14.3 Å². The number of benzene rings is 3. The quantitative estimate of drug-likeness (QED) is 0.368. The molecule has 0 heterocycles. The van der Waals surface area contributed by atoms with E-state index in [4.69, 9.17) is 4.74 Å². The summed E-state index contributed by atoms with van der Waals surface area (Å²) in [5, 5.41) is 3.12. The number of ether oxygens (including phenoxy) is 1. The number of nitrogens with one attached hydrogen (secondary N) is 1. The van der Waals surface area contributed by atoms with Crippen LogP contribution < -0.4 is 10.1 Å². The van der Waals surface area contributed by atoms with Crippen LogP contribution in [-0.4, -0.2) is 35.9 Å². The summed E-state index contributed by atoms with van der Waals surface area (Å²) in [5.74, 6) is 0.557. The highest BCUT2D eigenvalue weighted by Gasteiger charge is 2.30. The normalized spacial score (nSPS) is 12.4. The molecule has 0 spiro atoms. The molecule has 2 unspecified atom stereocenters. The van der Waals surface area contributed by atoms with Gasteiger partial charge in [0.1, 0.15) is 11.8 Å². The molecular formula is C31H38N2O3. The zero-order chi connectivity index (χ0) is 25.9. The van der Waals surface area contributed by atoms with E-state index in [1.807, 2.05) is 68.4 Å². The van der Waals surface area contributed by atoms with E-state index in [2.05, 4.69) is 36.5 Å². The number of carbonyl (C=O) groups excluding carboxylic acids is 2. The zero-order valence-electron chi connectivity index (χ0n) is 21.9. The highest BCUT2D eigenvalue weighted by Crippen LogP contribution is 2.20. The van der Waals surface area contributed by atoms with Gasteiger partial charge in [-0.2, -0.15) is 0 Å². The molecule has 0 aromatic heterocycles. The Morgan fingerprint density at radius 2 is 1.61 bits per heavy atom. The van der Waals surface area contributed by atoms with E-state index in [0.29, 0.717) is 25.8 Å². The van der Waals surface area contributed by atoms with Crippen LogP contribution in [0.25, 0.3) is 0 Å². The first-order valence-corrected chi connectivity index (χ1v) is 12.7. The van der Waals surface area contributed by atoms with Crippen LogP contribution in [0.3, 0.4) is 0 Å². The van der Waals surface area contributed by atoms with Gasteiger partial charge in [0.05, 0.1) is 7.11 Å². The van der Waals surface area contributed by atoms with Crippen molar-refractivity contribution in [1.82, 2.24) is 10.2 Å². The van der Waals surface area contributed by atoms with Gasteiger partial charge in [0, 0.05) is 25.4 Å². The third-order valence-corrected chi connectivity index (χ3v) is 6.51. The molecule has 0 saturated carbocycles. The van der Waals surface area contributed by atoms with Crippen LogP contribution in [0, 0.1) is 6.92 Å². The van der Waals surface area contributed by atoms with Crippen molar-refractivity contribution in [1.29, 1.82) is 0 Å². The number of amides is 2. The van der Waals surface area contributed by atoms with E-state index in [0.717, 1.165) is 28.9 Å². The second kappa shape index (κ2) is 13.5. The Morgan fingerprint density at radius 3 is 2.28 bits per heavy atom. The fourth-order valence-electron chi connectivity index (χ4n) is 4.11. The number of carbonyl (C=O) groups is 2. The van der Waals surface area contributed by atoms with E-state index in [9.17, 15) is 9.59 Å². The molecular weight excluding hydrogens is 448 g/mol. The second-order valence-corrected chi connectivity index (χ2v) is 9.38. The number of methoxy groups -OCH3 is 1. The van der Waals surface area contributed by atoms with Gasteiger partial charge in [0.2, 0.25) is 11.8 Å². The van der Waals surface area contributed by atoms with Crippen LogP contribution >= 0.6 is 0 Å². The monoisotopic (exact) mass is 486 g/mol. The van der Waals surface area contributed by atoms with Crippen LogP contribution in [0.1, 0.15) is 48.9 Å². The highest BCUT2D eigenvalue weighted by molar-refractivity contribution is 5.88. The maximum atomic E-state index is 13.7. The van der Waals surface area contributed by atoms with Crippen LogP contribution in [0.4, 0.5) is 0 Å². The fraction of sp³-hybridized carbons (Fsp3) is 0.355. The molecule has 3 rings (SSSR count). The molecule has 1 N–H and O–H groups in total. The lowest BCUT2D eigenvalue weighted by Crippen LogP contribution is -2.52. The van der Waals surface area contributed by atoms with Crippen LogP contribution in [-0.2, 0) is 29.0 Å². The summed E-state index contributed by atoms with van der Waals surface area (Å²) in [7, 11) is 1.63. The predicted octanol–water partition coefficient (Wildman–Crippen LogP) is 5.49. The fourth-order valence-corrected chi connectivity index (χ4v) is 4.11. The van der Waals surface area contributed by atoms with Gasteiger partial charge in [-0.25, -0.2) is 0 Å². The zero-order valence-corrected chi connectivity index (χ0v) is 21.9. The number of rotatable bonds is 12. The largest absolute Gasteiger partial charge is 0.497 e. The SMILES string of the molecule is CCC(C)NC(=O)C(Cc1ccccc1)N(Cc1cccc(OC)c1)C(=O)CCc1ccc(C)cc1. The van der Waals surface area contributed by atoms with E-state index < -0.39 is 6.04 Å². The predicted molar refractivity (Wildman–Crippen MR) is 145 cm³/mol. The summed E-state index contributed by atoms with van der Waals surface area (Å²) >= 11 is 0. The van der Waals surface area contributed by atoms with E-state index >= 15 is 0 Å². The molecule has 190 valence electrons. The van der Waals surface area contributed by atoms with Gasteiger partial charge in [-0.05, 0) is 55.5 Å². The molecule has 3 aromatic rings. The number of aryl methyl sites for hydroxylation is 2. The average Bonchev–Trinajstić information content (AvgIpc) is 2.90. The lowest BCUT2D eigenvalue weighted by Gasteiger charge is -2.32. The minimum atomic E-state index is -0.627. The molecule has 0 aliphatic heterocycles. The number of hydrogen-bond acceptors (Lipinski definition) is 3. The summed E-state index contributed by atoms with van der Waals surface area (Å²) < 4.78 is 5.40. The topological polar surface area (TPSA) is 58.6 Å². The molecule has 5 nitrogen and oxygen atoms in total. The first-order chi connectivity index (χ1) is 17.4. The van der Waals surface area contributed by atoms with Crippen molar-refractivity contribution in [2.75, 3.05) is 7.11 Å².